The highest BCUT2D eigenvalue weighted by molar-refractivity contribution is 5.86. The Bertz CT molecular complexity index is 3010. The van der Waals surface area contributed by atoms with E-state index in [1.54, 1.807) is 104 Å². The van der Waals surface area contributed by atoms with E-state index >= 15 is 0 Å². The fourth-order valence-corrected chi connectivity index (χ4v) is 12.3. The highest BCUT2D eigenvalue weighted by Gasteiger charge is 2.63. The number of hydrogen-bond donors (Lipinski definition) is 10. The van der Waals surface area contributed by atoms with E-state index in [-0.39, 0.29) is 22.9 Å². The lowest BCUT2D eigenvalue weighted by molar-refractivity contribution is -0.285. The molecule has 0 radical (unpaired) electrons. The first-order chi connectivity index (χ1) is 37.8. The van der Waals surface area contributed by atoms with E-state index in [4.69, 9.17) is 76.3 Å². The van der Waals surface area contributed by atoms with Gasteiger partial charge in [-0.3, -0.25) is 0 Å². The van der Waals surface area contributed by atoms with Crippen molar-refractivity contribution in [1.29, 1.82) is 0 Å². The molecule has 8 bridgehead atoms. The van der Waals surface area contributed by atoms with Crippen molar-refractivity contribution < 1.29 is 107 Å². The summed E-state index contributed by atoms with van der Waals surface area (Å²) in [6.07, 6.45) is -18.1. The zero-order chi connectivity index (χ0) is 56.3. The zero-order valence-electron chi connectivity index (χ0n) is 44.8. The average molecular weight is 1120 g/mol. The van der Waals surface area contributed by atoms with Crippen LogP contribution in [0.1, 0.15) is 102 Å². The summed E-state index contributed by atoms with van der Waals surface area (Å²) in [6.45, 7) is 13.4. The molecule has 0 aromatic carbocycles. The summed E-state index contributed by atoms with van der Waals surface area (Å²) in [5, 5.41) is 85.3. The number of rotatable bonds is 8. The van der Waals surface area contributed by atoms with Gasteiger partial charge in [0, 0.05) is 22.2 Å². The van der Waals surface area contributed by atoms with Gasteiger partial charge in [-0.05, 0) is 104 Å². The van der Waals surface area contributed by atoms with Crippen LogP contribution in [0.2, 0.25) is 0 Å². The summed E-state index contributed by atoms with van der Waals surface area (Å²) < 4.78 is 90.0. The van der Waals surface area contributed by atoms with Crippen molar-refractivity contribution in [2.75, 3.05) is 13.2 Å². The van der Waals surface area contributed by atoms with Crippen molar-refractivity contribution in [2.24, 2.45) is 0 Å². The molecular weight excluding hydrogens is 1060 g/mol. The van der Waals surface area contributed by atoms with Gasteiger partial charge in [0.1, 0.15) is 122 Å². The molecule has 20 atom stereocenters. The maximum Gasteiger partial charge on any atom is 0.190 e. The minimum atomic E-state index is -1.84. The fourth-order valence-electron chi connectivity index (χ4n) is 12.3. The standard InChI is InChI=1S/C54H66N4O22/c1-51(2)73-41-39(71-49-45(43(41)75-51)77-53(5,6)79-49)29-19-9-13-23(55-19)37(67-17-27-31(59)33(61)35(63)47(65)69-27)25-15-11-21(57-25)30(40-42-44(76-52(3,4)74-42)46-50(72-40)80-54(7,8)78-46)22-12-16-26(58-22)38(24-14-10-20(29)56-24)68-18-28-32(60)34(62)36(64)48(66)70-28/h9-16,27-28,31-36,39-50,55-56,59-66H,17-18H2,1-8H3/t27-,28-,31+,32+,33+,34+,35-,36-,39-,40-,41+,42+,43+,44+,45-,46-,47+,48+,49-,50-/m1/s1. The minimum absolute atomic E-state index is 0.123. The summed E-state index contributed by atoms with van der Waals surface area (Å²) in [5.41, 5.74) is 3.69. The van der Waals surface area contributed by atoms with Crippen molar-refractivity contribution in [3.63, 3.8) is 0 Å². The van der Waals surface area contributed by atoms with Crippen LogP contribution in [0.15, 0.2) is 24.3 Å². The Labute approximate surface area is 456 Å². The van der Waals surface area contributed by atoms with E-state index in [0.29, 0.717) is 44.6 Å². The van der Waals surface area contributed by atoms with Gasteiger partial charge in [0.05, 0.1) is 22.4 Å². The average Bonchev–Trinajstić information content (AvgIpc) is 4.47. The molecule has 80 heavy (non-hydrogen) atoms. The van der Waals surface area contributed by atoms with E-state index in [9.17, 15) is 40.9 Å². The Balaban J connectivity index is 1.04. The van der Waals surface area contributed by atoms with Crippen LogP contribution in [0, 0.1) is 0 Å². The molecule has 0 unspecified atom stereocenters. The first-order valence-electron chi connectivity index (χ1n) is 26.7. The lowest BCUT2D eigenvalue weighted by Crippen LogP contribution is -2.58. The van der Waals surface area contributed by atoms with E-state index < -0.39 is 159 Å². The van der Waals surface area contributed by atoms with E-state index in [1.165, 1.54) is 0 Å². The van der Waals surface area contributed by atoms with Crippen LogP contribution in [0.3, 0.4) is 0 Å². The van der Waals surface area contributed by atoms with Gasteiger partial charge in [-0.15, -0.1) is 0 Å². The number of aliphatic hydroxyl groups is 8. The van der Waals surface area contributed by atoms with Crippen molar-refractivity contribution >= 4 is 46.4 Å². The molecule has 13 rings (SSSR count). The molecule has 10 aliphatic rings. The van der Waals surface area contributed by atoms with Crippen molar-refractivity contribution in [3.8, 4) is 11.5 Å². The summed E-state index contributed by atoms with van der Waals surface area (Å²) in [7, 11) is 0. The number of ether oxygens (including phenoxy) is 14. The molecule has 13 heterocycles. The molecule has 0 aliphatic carbocycles. The van der Waals surface area contributed by atoms with E-state index in [2.05, 4.69) is 9.97 Å². The maximum absolute atomic E-state index is 11.1. The van der Waals surface area contributed by atoms with E-state index in [0.717, 1.165) is 0 Å². The fraction of sp³-hybridized carbons (Fsp3) is 0.630. The van der Waals surface area contributed by atoms with Crippen LogP contribution in [0.25, 0.3) is 46.4 Å². The first-order valence-corrected chi connectivity index (χ1v) is 26.7. The van der Waals surface area contributed by atoms with Crippen LogP contribution in [-0.4, -0.2) is 208 Å². The van der Waals surface area contributed by atoms with Crippen LogP contribution < -0.4 is 9.47 Å². The second-order valence-electron chi connectivity index (χ2n) is 23.4. The van der Waals surface area contributed by atoms with Crippen LogP contribution in [-0.2, 0) is 56.8 Å². The normalized spacial score (nSPS) is 40.8. The van der Waals surface area contributed by atoms with Gasteiger partial charge >= 0.3 is 0 Å². The number of nitrogens with zero attached hydrogens (tertiary/aromatic N) is 2. The quantitative estimate of drug-likeness (QED) is 0.104. The van der Waals surface area contributed by atoms with Crippen molar-refractivity contribution in [2.45, 2.75) is 201 Å². The molecule has 3 aromatic heterocycles. The Morgan fingerprint density at radius 1 is 0.400 bits per heavy atom. The third kappa shape index (κ3) is 9.49. The SMILES string of the molecule is CC1(C)O[C@H]2[C@@H](O1)[C@@H](c1c3nc(c(OC[C@H]4O[C@H](O)[C@H](O)[C@@H](O)[C@H]4O)c4ccc([nH]4)c([C@H]4O[C@@H]5OC(C)(C)O[C@@H]5[C@H]5OC(C)(C)O[C@H]54)c4ccc([nH]4)c(OC[C@H]4O[C@H](O)[C@H](O)[C@@H](O)[C@H]4O)c4nc1C=C4)C=C3)O[C@@H]1OC(C)(C)O[C@@H]12. The summed E-state index contributed by atoms with van der Waals surface area (Å²) in [6, 6.07) is 7.07. The molecule has 434 valence electrons. The van der Waals surface area contributed by atoms with Crippen LogP contribution in [0.4, 0.5) is 0 Å². The number of H-pyrrole nitrogens is 2. The highest BCUT2D eigenvalue weighted by Crippen LogP contribution is 2.52. The van der Waals surface area contributed by atoms with Crippen LogP contribution in [0.5, 0.6) is 11.5 Å². The Kier molecular flexibility index (Phi) is 13.3. The Hall–Kier alpha value is -4.60. The van der Waals surface area contributed by atoms with Gasteiger partial charge in [-0.25, -0.2) is 9.97 Å². The minimum Gasteiger partial charge on any atom is -0.486 e. The Morgan fingerprint density at radius 3 is 1.18 bits per heavy atom. The molecule has 26 heteroatoms. The molecule has 10 N–H and O–H groups in total. The summed E-state index contributed by atoms with van der Waals surface area (Å²) in [5.74, 6) is -4.07. The number of aliphatic hydroxyl groups excluding tert-OH is 8. The molecule has 0 saturated carbocycles. The maximum atomic E-state index is 11.1. The molecule has 0 amide bonds. The van der Waals surface area contributed by atoms with Gasteiger partial charge in [0.25, 0.3) is 0 Å². The highest BCUT2D eigenvalue weighted by atomic mass is 16.9. The lowest BCUT2D eigenvalue weighted by Gasteiger charge is -2.38. The molecule has 3 aromatic rings. The van der Waals surface area contributed by atoms with Crippen molar-refractivity contribution in [3.05, 3.63) is 58.2 Å². The molecule has 26 nitrogen and oxygen atoms in total. The topological polar surface area (TPSA) is 348 Å². The third-order valence-corrected chi connectivity index (χ3v) is 15.8. The van der Waals surface area contributed by atoms with Crippen LogP contribution >= 0.6 is 0 Å². The number of hydrogen-bond acceptors (Lipinski definition) is 24. The van der Waals surface area contributed by atoms with Crippen molar-refractivity contribution in [1.82, 2.24) is 19.9 Å². The zero-order valence-corrected chi connectivity index (χ0v) is 44.8. The second kappa shape index (κ2) is 19.5. The molecular formula is C54H66N4O22. The predicted molar refractivity (Wildman–Crippen MR) is 271 cm³/mol. The van der Waals surface area contributed by atoms with Gasteiger partial charge in [-0.2, -0.15) is 0 Å². The van der Waals surface area contributed by atoms with E-state index in [1.807, 2.05) is 0 Å². The predicted octanol–water partition coefficient (Wildman–Crippen LogP) is 1.15. The van der Waals surface area contributed by atoms with Gasteiger partial charge in [0.2, 0.25) is 0 Å². The number of aromatic nitrogens is 4. The Morgan fingerprint density at radius 2 is 0.750 bits per heavy atom. The monoisotopic (exact) mass is 1120 g/mol. The summed E-state index contributed by atoms with van der Waals surface area (Å²) in [4.78, 5) is 17.5. The first kappa shape index (κ1) is 54.6. The lowest BCUT2D eigenvalue weighted by atomic mass is 9.92. The smallest absolute Gasteiger partial charge is 0.190 e. The number of nitrogens with one attached hydrogen (secondary N) is 2. The second-order valence-corrected chi connectivity index (χ2v) is 23.4. The largest absolute Gasteiger partial charge is 0.486 e. The molecule has 0 spiro atoms. The number of aromatic amines is 2. The molecule has 10 aliphatic heterocycles. The number of fused-ring (bicyclic) bond motifs is 14. The molecule has 8 fully saturated rings. The van der Waals surface area contributed by atoms with Gasteiger partial charge < -0.3 is 117 Å². The van der Waals surface area contributed by atoms with Gasteiger partial charge in [-0.1, -0.05) is 0 Å². The molecule has 8 saturated heterocycles. The van der Waals surface area contributed by atoms with Gasteiger partial charge in [0.15, 0.2) is 59.8 Å². The summed E-state index contributed by atoms with van der Waals surface area (Å²) >= 11 is 0. The third-order valence-electron chi connectivity index (χ3n) is 15.8.